The van der Waals surface area contributed by atoms with Crippen molar-refractivity contribution in [3.05, 3.63) is 83.1 Å². The molecule has 2 aromatic heterocycles. The van der Waals surface area contributed by atoms with Gasteiger partial charge in [0, 0.05) is 24.8 Å². The molecule has 0 aliphatic carbocycles. The molecular weight excluding hydrogens is 516 g/mol. The van der Waals surface area contributed by atoms with Crippen LogP contribution in [0.1, 0.15) is 35.8 Å². The number of amides is 1. The molecule has 1 aliphatic rings. The van der Waals surface area contributed by atoms with Crippen molar-refractivity contribution in [2.45, 2.75) is 31.2 Å². The van der Waals surface area contributed by atoms with E-state index in [1.165, 1.54) is 27.8 Å². The lowest BCUT2D eigenvalue weighted by atomic mass is 10.0. The van der Waals surface area contributed by atoms with Crippen molar-refractivity contribution >= 4 is 54.2 Å². The maximum atomic E-state index is 13.7. The van der Waals surface area contributed by atoms with Crippen molar-refractivity contribution in [1.29, 1.82) is 0 Å². The van der Waals surface area contributed by atoms with Gasteiger partial charge in [0.2, 0.25) is 10.0 Å². The Hall–Kier alpha value is -2.85. The number of thiazole rings is 1. The third kappa shape index (κ3) is 5.01. The van der Waals surface area contributed by atoms with Crippen molar-refractivity contribution in [3.63, 3.8) is 0 Å². The number of halogens is 1. The summed E-state index contributed by atoms with van der Waals surface area (Å²) in [5.41, 5.74) is 1.70. The van der Waals surface area contributed by atoms with Crippen LogP contribution in [0.3, 0.4) is 0 Å². The van der Waals surface area contributed by atoms with E-state index < -0.39 is 10.0 Å². The van der Waals surface area contributed by atoms with Gasteiger partial charge in [0.05, 0.1) is 26.9 Å². The fourth-order valence-electron chi connectivity index (χ4n) is 4.34. The number of rotatable bonds is 6. The zero-order chi connectivity index (χ0) is 25.3. The standard InChI is InChI=1S/C26H25ClN4O3S2/c1-18-6-5-15-30(16-18)36(33,34)21-12-10-19(11-13-21)25(32)31(17-20-7-2-3-14-28-20)26-29-24-22(27)8-4-9-23(24)35-26/h2-4,7-14,18H,5-6,15-17H2,1H3. The Morgan fingerprint density at radius 3 is 2.64 bits per heavy atom. The van der Waals surface area contributed by atoms with Gasteiger partial charge < -0.3 is 0 Å². The fourth-order valence-corrected chi connectivity index (χ4v) is 7.20. The van der Waals surface area contributed by atoms with Gasteiger partial charge in [0.15, 0.2) is 5.13 Å². The molecule has 0 saturated carbocycles. The summed E-state index contributed by atoms with van der Waals surface area (Å²) >= 11 is 7.70. The molecule has 7 nitrogen and oxygen atoms in total. The van der Waals surface area contributed by atoms with Gasteiger partial charge in [-0.25, -0.2) is 13.4 Å². The maximum absolute atomic E-state index is 13.7. The molecule has 1 amide bonds. The zero-order valence-corrected chi connectivity index (χ0v) is 22.1. The number of hydrogen-bond donors (Lipinski definition) is 0. The molecule has 1 unspecified atom stereocenters. The first-order valence-electron chi connectivity index (χ1n) is 11.7. The van der Waals surface area contributed by atoms with Crippen LogP contribution in [-0.2, 0) is 16.6 Å². The van der Waals surface area contributed by atoms with Gasteiger partial charge in [-0.2, -0.15) is 4.31 Å². The van der Waals surface area contributed by atoms with E-state index in [-0.39, 0.29) is 17.3 Å². The number of fused-ring (bicyclic) bond motifs is 1. The van der Waals surface area contributed by atoms with Crippen LogP contribution >= 0.6 is 22.9 Å². The van der Waals surface area contributed by atoms with E-state index in [9.17, 15) is 13.2 Å². The van der Waals surface area contributed by atoms with E-state index in [1.54, 1.807) is 29.3 Å². The second kappa shape index (κ2) is 10.3. The molecule has 10 heteroatoms. The summed E-state index contributed by atoms with van der Waals surface area (Å²) in [6.45, 7) is 3.31. The summed E-state index contributed by atoms with van der Waals surface area (Å²) in [4.78, 5) is 24.4. The first-order valence-corrected chi connectivity index (χ1v) is 14.3. The highest BCUT2D eigenvalue weighted by molar-refractivity contribution is 7.89. The number of benzene rings is 2. The SMILES string of the molecule is CC1CCCN(S(=O)(=O)c2ccc(C(=O)N(Cc3ccccn3)c3nc4c(Cl)cccc4s3)cc2)C1. The van der Waals surface area contributed by atoms with Crippen molar-refractivity contribution in [3.8, 4) is 0 Å². The predicted molar refractivity (Wildman–Crippen MR) is 143 cm³/mol. The second-order valence-electron chi connectivity index (χ2n) is 8.93. The lowest BCUT2D eigenvalue weighted by molar-refractivity contribution is 0.0984. The summed E-state index contributed by atoms with van der Waals surface area (Å²) in [5, 5.41) is 1.01. The van der Waals surface area contributed by atoms with Gasteiger partial charge >= 0.3 is 0 Å². The van der Waals surface area contributed by atoms with Crippen molar-refractivity contribution in [2.75, 3.05) is 18.0 Å². The van der Waals surface area contributed by atoms with Crippen molar-refractivity contribution < 1.29 is 13.2 Å². The molecule has 186 valence electrons. The monoisotopic (exact) mass is 540 g/mol. The lowest BCUT2D eigenvalue weighted by Crippen LogP contribution is -2.39. The smallest absolute Gasteiger partial charge is 0.260 e. The van der Waals surface area contributed by atoms with Gasteiger partial charge in [0.25, 0.3) is 5.91 Å². The van der Waals surface area contributed by atoms with Crippen LogP contribution in [0.15, 0.2) is 71.8 Å². The molecule has 3 heterocycles. The normalized spacial score (nSPS) is 16.8. The molecule has 2 aromatic carbocycles. The predicted octanol–water partition coefficient (Wildman–Crippen LogP) is 5.61. The first kappa shape index (κ1) is 24.8. The molecule has 1 fully saturated rings. The number of anilines is 1. The Morgan fingerprint density at radius 1 is 1.14 bits per heavy atom. The number of nitrogens with zero attached hydrogens (tertiary/aromatic N) is 4. The van der Waals surface area contributed by atoms with Gasteiger partial charge in [0.1, 0.15) is 5.52 Å². The minimum atomic E-state index is -3.61. The highest BCUT2D eigenvalue weighted by Crippen LogP contribution is 2.34. The molecule has 0 radical (unpaired) electrons. The van der Waals surface area contributed by atoms with E-state index in [2.05, 4.69) is 16.9 Å². The average Bonchev–Trinajstić information content (AvgIpc) is 3.33. The second-order valence-corrected chi connectivity index (χ2v) is 12.3. The number of piperidine rings is 1. The van der Waals surface area contributed by atoms with Crippen LogP contribution in [0, 0.1) is 5.92 Å². The van der Waals surface area contributed by atoms with E-state index in [4.69, 9.17) is 11.6 Å². The van der Waals surface area contributed by atoms with E-state index >= 15 is 0 Å². The third-order valence-electron chi connectivity index (χ3n) is 6.24. The number of aromatic nitrogens is 2. The lowest BCUT2D eigenvalue weighted by Gasteiger charge is -2.30. The number of para-hydroxylation sites is 1. The van der Waals surface area contributed by atoms with Crippen LogP contribution in [0.2, 0.25) is 5.02 Å². The Bertz CT molecular complexity index is 1490. The maximum Gasteiger partial charge on any atom is 0.260 e. The average molecular weight is 541 g/mol. The molecule has 4 aromatic rings. The van der Waals surface area contributed by atoms with E-state index in [0.717, 1.165) is 17.5 Å². The van der Waals surface area contributed by atoms with Crippen molar-refractivity contribution in [1.82, 2.24) is 14.3 Å². The largest absolute Gasteiger partial charge is 0.278 e. The first-order chi connectivity index (χ1) is 17.3. The quantitative estimate of drug-likeness (QED) is 0.317. The van der Waals surface area contributed by atoms with Crippen LogP contribution in [0.5, 0.6) is 0 Å². The molecule has 1 saturated heterocycles. The molecular formula is C26H25ClN4O3S2. The molecule has 0 bridgehead atoms. The summed E-state index contributed by atoms with van der Waals surface area (Å²) in [7, 11) is -3.61. The number of carbonyl (C=O) groups is 1. The molecule has 5 rings (SSSR count). The number of hydrogen-bond acceptors (Lipinski definition) is 6. The van der Waals surface area contributed by atoms with Gasteiger partial charge in [-0.1, -0.05) is 42.0 Å². The van der Waals surface area contributed by atoms with Crippen LogP contribution < -0.4 is 4.90 Å². The third-order valence-corrected chi connectivity index (χ3v) is 9.47. The topological polar surface area (TPSA) is 83.5 Å². The summed E-state index contributed by atoms with van der Waals surface area (Å²) < 4.78 is 28.7. The number of carbonyl (C=O) groups excluding carboxylic acids is 1. The van der Waals surface area contributed by atoms with Gasteiger partial charge in [-0.05, 0) is 67.3 Å². The number of pyridine rings is 1. The Balaban J connectivity index is 1.46. The Morgan fingerprint density at radius 2 is 1.94 bits per heavy atom. The molecule has 1 aliphatic heterocycles. The summed E-state index contributed by atoms with van der Waals surface area (Å²) in [6.07, 6.45) is 3.56. The number of sulfonamides is 1. The van der Waals surface area contributed by atoms with Crippen LogP contribution in [0.25, 0.3) is 10.2 Å². The van der Waals surface area contributed by atoms with Gasteiger partial charge in [-0.15, -0.1) is 0 Å². The van der Waals surface area contributed by atoms with Gasteiger partial charge in [-0.3, -0.25) is 14.7 Å². The zero-order valence-electron chi connectivity index (χ0n) is 19.7. The highest BCUT2D eigenvalue weighted by Gasteiger charge is 2.29. The summed E-state index contributed by atoms with van der Waals surface area (Å²) in [6, 6.07) is 17.2. The van der Waals surface area contributed by atoms with Crippen molar-refractivity contribution in [2.24, 2.45) is 5.92 Å². The molecule has 36 heavy (non-hydrogen) atoms. The molecule has 0 N–H and O–H groups in total. The minimum Gasteiger partial charge on any atom is -0.278 e. The van der Waals surface area contributed by atoms with Crippen LogP contribution in [-0.4, -0.2) is 41.7 Å². The summed E-state index contributed by atoms with van der Waals surface area (Å²) in [5.74, 6) is 0.0308. The fraction of sp³-hybridized carbons (Fsp3) is 0.269. The Labute approximate surface area is 219 Å². The highest BCUT2D eigenvalue weighted by atomic mass is 35.5. The molecule has 1 atom stereocenters. The molecule has 0 spiro atoms. The van der Waals surface area contributed by atoms with Crippen LogP contribution in [0.4, 0.5) is 5.13 Å². The minimum absolute atomic E-state index is 0.191. The Kier molecular flexibility index (Phi) is 7.07. The van der Waals surface area contributed by atoms with E-state index in [1.807, 2.05) is 30.3 Å². The van der Waals surface area contributed by atoms with E-state index in [0.29, 0.717) is 45.9 Å².